The summed E-state index contributed by atoms with van der Waals surface area (Å²) in [5.74, 6) is 2.37. The summed E-state index contributed by atoms with van der Waals surface area (Å²) in [6.07, 6.45) is 1.94. The van der Waals surface area contributed by atoms with E-state index in [1.54, 1.807) is 0 Å². The number of ether oxygens (including phenoxy) is 3. The van der Waals surface area contributed by atoms with Gasteiger partial charge in [-0.1, -0.05) is 6.07 Å². The zero-order chi connectivity index (χ0) is 26.4. The first-order chi connectivity index (χ1) is 18.4. The highest BCUT2D eigenvalue weighted by molar-refractivity contribution is 7.80. The van der Waals surface area contributed by atoms with E-state index in [9.17, 15) is 0 Å². The molecule has 2 aliphatic heterocycles. The highest BCUT2D eigenvalue weighted by Gasteiger charge is 2.42. The topological polar surface area (TPSA) is 60.8 Å². The highest BCUT2D eigenvalue weighted by atomic mass is 32.1. The Bertz CT molecular complexity index is 1480. The van der Waals surface area contributed by atoms with E-state index in [2.05, 4.69) is 52.9 Å². The molecule has 0 spiro atoms. The van der Waals surface area contributed by atoms with Crippen molar-refractivity contribution in [3.63, 3.8) is 0 Å². The summed E-state index contributed by atoms with van der Waals surface area (Å²) in [4.78, 5) is 6.89. The minimum absolute atomic E-state index is 0.108. The maximum atomic E-state index is 5.93. The van der Waals surface area contributed by atoms with Gasteiger partial charge in [0, 0.05) is 35.0 Å². The molecule has 0 aliphatic carbocycles. The van der Waals surface area contributed by atoms with Crippen LogP contribution in [-0.4, -0.2) is 27.6 Å². The minimum Gasteiger partial charge on any atom is -0.491 e. The molecule has 7 nitrogen and oxygen atoms in total. The van der Waals surface area contributed by atoms with Crippen molar-refractivity contribution in [3.05, 3.63) is 95.6 Å². The van der Waals surface area contributed by atoms with Gasteiger partial charge in [0.15, 0.2) is 16.6 Å². The lowest BCUT2D eigenvalue weighted by atomic mass is 9.96. The molecule has 0 saturated carbocycles. The second kappa shape index (κ2) is 9.68. The second-order valence-electron chi connectivity index (χ2n) is 9.86. The number of fused-ring (bicyclic) bond motifs is 1. The van der Waals surface area contributed by atoms with E-state index in [0.29, 0.717) is 5.11 Å². The number of anilines is 1. The van der Waals surface area contributed by atoms with Gasteiger partial charge >= 0.3 is 0 Å². The lowest BCUT2D eigenvalue weighted by Crippen LogP contribution is -2.29. The molecule has 4 aromatic rings. The van der Waals surface area contributed by atoms with Crippen LogP contribution in [0.4, 0.5) is 5.69 Å². The van der Waals surface area contributed by atoms with Crippen LogP contribution >= 0.6 is 12.2 Å². The van der Waals surface area contributed by atoms with Crippen LogP contribution in [0.1, 0.15) is 48.6 Å². The van der Waals surface area contributed by atoms with Crippen molar-refractivity contribution >= 4 is 23.0 Å². The van der Waals surface area contributed by atoms with Crippen molar-refractivity contribution in [2.45, 2.75) is 45.9 Å². The highest BCUT2D eigenvalue weighted by Crippen LogP contribution is 2.44. The Labute approximate surface area is 228 Å². The van der Waals surface area contributed by atoms with Gasteiger partial charge in [-0.2, -0.15) is 0 Å². The molecule has 0 bridgehead atoms. The standard InChI is InChI=1S/C30H30N4O3S/c1-18(2)37-23-11-8-21(9-12-23)34-29(28(32-30(34)38)25-7-5-6-14-31-25)24-15-19(3)33(20(24)4)22-10-13-26-27(16-22)36-17-35-26/h5-16,18,28-29H,17H2,1-4H3,(H,32,38)/t28-,29-/m1/s1. The lowest BCUT2D eigenvalue weighted by Gasteiger charge is -2.28. The Hall–Kier alpha value is -4.04. The van der Waals surface area contributed by atoms with Gasteiger partial charge in [0.25, 0.3) is 0 Å². The van der Waals surface area contributed by atoms with Gasteiger partial charge in [0.2, 0.25) is 6.79 Å². The van der Waals surface area contributed by atoms with Crippen molar-refractivity contribution in [2.24, 2.45) is 0 Å². The number of aromatic nitrogens is 2. The first-order valence-corrected chi connectivity index (χ1v) is 13.2. The first-order valence-electron chi connectivity index (χ1n) is 12.8. The number of pyridine rings is 1. The minimum atomic E-state index is -0.124. The molecule has 194 valence electrons. The Balaban J connectivity index is 1.45. The molecule has 1 N–H and O–H groups in total. The summed E-state index contributed by atoms with van der Waals surface area (Å²) in [5.41, 5.74) is 6.38. The third-order valence-corrected chi connectivity index (χ3v) is 7.30. The number of aryl methyl sites for hydroxylation is 1. The largest absolute Gasteiger partial charge is 0.491 e. The Morgan fingerprint density at radius 2 is 1.74 bits per heavy atom. The summed E-state index contributed by atoms with van der Waals surface area (Å²) in [6.45, 7) is 8.58. The van der Waals surface area contributed by atoms with E-state index in [-0.39, 0.29) is 25.0 Å². The van der Waals surface area contributed by atoms with Gasteiger partial charge in [-0.15, -0.1) is 0 Å². The van der Waals surface area contributed by atoms with Gasteiger partial charge < -0.3 is 29.0 Å². The average Bonchev–Trinajstić information content (AvgIpc) is 3.59. The SMILES string of the molecule is Cc1cc([C@@H]2[C@@H](c3ccccn3)NC(=S)N2c2ccc(OC(C)C)cc2)c(C)n1-c1ccc2c(c1)OCO2. The van der Waals surface area contributed by atoms with Crippen LogP contribution in [0, 0.1) is 13.8 Å². The summed E-state index contributed by atoms with van der Waals surface area (Å²) in [7, 11) is 0. The van der Waals surface area contributed by atoms with Crippen molar-refractivity contribution in [3.8, 4) is 22.9 Å². The van der Waals surface area contributed by atoms with E-state index >= 15 is 0 Å². The average molecular weight is 527 g/mol. The van der Waals surface area contributed by atoms with Crippen LogP contribution in [0.25, 0.3) is 5.69 Å². The first kappa shape index (κ1) is 24.3. The molecule has 6 rings (SSSR count). The zero-order valence-corrected chi connectivity index (χ0v) is 22.7. The van der Waals surface area contributed by atoms with Gasteiger partial charge in [0.05, 0.1) is 23.9 Å². The quantitative estimate of drug-likeness (QED) is 0.301. The summed E-state index contributed by atoms with van der Waals surface area (Å²) >= 11 is 5.93. The summed E-state index contributed by atoms with van der Waals surface area (Å²) in [5, 5.41) is 4.22. The number of hydrogen-bond donors (Lipinski definition) is 1. The Morgan fingerprint density at radius 1 is 0.974 bits per heavy atom. The molecule has 1 saturated heterocycles. The predicted octanol–water partition coefficient (Wildman–Crippen LogP) is 6.18. The van der Waals surface area contributed by atoms with Crippen molar-refractivity contribution in [1.82, 2.24) is 14.9 Å². The van der Waals surface area contributed by atoms with Crippen molar-refractivity contribution < 1.29 is 14.2 Å². The number of nitrogens with zero attached hydrogens (tertiary/aromatic N) is 3. The van der Waals surface area contributed by atoms with Crippen LogP contribution in [0.2, 0.25) is 0 Å². The molecular weight excluding hydrogens is 496 g/mol. The van der Waals surface area contributed by atoms with Crippen LogP contribution in [0.15, 0.2) is 72.9 Å². The fourth-order valence-corrected chi connectivity index (χ4v) is 5.76. The Kier molecular flexibility index (Phi) is 6.19. The molecule has 2 atom stereocenters. The number of hydrogen-bond acceptors (Lipinski definition) is 5. The fraction of sp³-hybridized carbons (Fsp3) is 0.267. The second-order valence-corrected chi connectivity index (χ2v) is 10.2. The molecule has 8 heteroatoms. The maximum Gasteiger partial charge on any atom is 0.231 e. The summed E-state index contributed by atoms with van der Waals surface area (Å²) < 4.78 is 19.3. The number of nitrogens with one attached hydrogen (secondary N) is 1. The Morgan fingerprint density at radius 3 is 2.47 bits per heavy atom. The zero-order valence-electron chi connectivity index (χ0n) is 21.8. The predicted molar refractivity (Wildman–Crippen MR) is 152 cm³/mol. The molecule has 0 amide bonds. The van der Waals surface area contributed by atoms with E-state index < -0.39 is 0 Å². The molecule has 4 heterocycles. The monoisotopic (exact) mass is 526 g/mol. The molecule has 2 aromatic heterocycles. The van der Waals surface area contributed by atoms with Crippen LogP contribution in [0.3, 0.4) is 0 Å². The fourth-order valence-electron chi connectivity index (χ4n) is 5.42. The third-order valence-electron chi connectivity index (χ3n) is 6.99. The van der Waals surface area contributed by atoms with E-state index in [4.69, 9.17) is 31.4 Å². The number of benzene rings is 2. The third kappa shape index (κ3) is 4.24. The van der Waals surface area contributed by atoms with Crippen LogP contribution in [0.5, 0.6) is 17.2 Å². The summed E-state index contributed by atoms with van der Waals surface area (Å²) in [6, 6.07) is 22.2. The molecule has 38 heavy (non-hydrogen) atoms. The van der Waals surface area contributed by atoms with Crippen molar-refractivity contribution in [2.75, 3.05) is 11.7 Å². The maximum absolute atomic E-state index is 5.93. The van der Waals surface area contributed by atoms with E-state index in [1.165, 1.54) is 5.56 Å². The van der Waals surface area contributed by atoms with Gasteiger partial charge in [-0.25, -0.2) is 0 Å². The van der Waals surface area contributed by atoms with Crippen LogP contribution < -0.4 is 24.4 Å². The van der Waals surface area contributed by atoms with Gasteiger partial charge in [-0.3, -0.25) is 4.98 Å². The number of thiocarbonyl (C=S) groups is 1. The molecule has 2 aromatic carbocycles. The van der Waals surface area contributed by atoms with Gasteiger partial charge in [0.1, 0.15) is 5.75 Å². The van der Waals surface area contributed by atoms with Crippen LogP contribution in [-0.2, 0) is 0 Å². The molecule has 1 fully saturated rings. The number of rotatable bonds is 6. The molecule has 0 unspecified atom stereocenters. The normalized spacial score (nSPS) is 18.2. The lowest BCUT2D eigenvalue weighted by molar-refractivity contribution is 0.174. The molecular formula is C30H30N4O3S. The molecule has 2 aliphatic rings. The van der Waals surface area contributed by atoms with E-state index in [1.807, 2.05) is 62.5 Å². The van der Waals surface area contributed by atoms with Gasteiger partial charge in [-0.05, 0) is 100 Å². The smallest absolute Gasteiger partial charge is 0.231 e. The van der Waals surface area contributed by atoms with Crippen molar-refractivity contribution in [1.29, 1.82) is 0 Å². The molecule has 0 radical (unpaired) electrons. The van der Waals surface area contributed by atoms with E-state index in [0.717, 1.165) is 45.7 Å².